The van der Waals surface area contributed by atoms with Crippen molar-refractivity contribution in [3.63, 3.8) is 0 Å². The lowest BCUT2D eigenvalue weighted by atomic mass is 10.6. The van der Waals surface area contributed by atoms with Crippen molar-refractivity contribution >= 4 is 0 Å². The molecule has 0 radical (unpaired) electrons. The molecule has 0 heterocycles. The van der Waals surface area contributed by atoms with Crippen molar-refractivity contribution in [1.29, 1.82) is 0 Å². The molecule has 1 unspecified atom stereocenters. The SMILES string of the molecule is OC(OCC(F)(F)F)C(F)(F)F. The van der Waals surface area contributed by atoms with Crippen LogP contribution in [0.1, 0.15) is 0 Å². The van der Waals surface area contributed by atoms with Gasteiger partial charge in [0.1, 0.15) is 6.61 Å². The summed E-state index contributed by atoms with van der Waals surface area (Å²) in [5, 5.41) is 7.90. The van der Waals surface area contributed by atoms with Gasteiger partial charge >= 0.3 is 12.4 Å². The molecule has 0 aliphatic rings. The Bertz CT molecular complexity index is 137. The van der Waals surface area contributed by atoms with Gasteiger partial charge in [0.2, 0.25) is 0 Å². The zero-order valence-electron chi connectivity index (χ0n) is 5.41. The van der Waals surface area contributed by atoms with Gasteiger partial charge in [-0.25, -0.2) is 0 Å². The smallest absolute Gasteiger partial charge is 0.361 e. The first-order chi connectivity index (χ1) is 5.13. The van der Waals surface area contributed by atoms with E-state index >= 15 is 0 Å². The quantitative estimate of drug-likeness (QED) is 0.537. The highest BCUT2D eigenvalue weighted by molar-refractivity contribution is 4.55. The van der Waals surface area contributed by atoms with Crippen LogP contribution < -0.4 is 0 Å². The first kappa shape index (κ1) is 11.5. The zero-order chi connectivity index (χ0) is 9.99. The van der Waals surface area contributed by atoms with Crippen LogP contribution in [-0.2, 0) is 4.74 Å². The van der Waals surface area contributed by atoms with Gasteiger partial charge in [-0.1, -0.05) is 0 Å². The summed E-state index contributed by atoms with van der Waals surface area (Å²) < 4.78 is 70.5. The summed E-state index contributed by atoms with van der Waals surface area (Å²) in [5.74, 6) is 0. The molecule has 74 valence electrons. The van der Waals surface area contributed by atoms with Gasteiger partial charge in [-0.3, -0.25) is 0 Å². The van der Waals surface area contributed by atoms with Gasteiger partial charge in [0.25, 0.3) is 6.29 Å². The fourth-order valence-corrected chi connectivity index (χ4v) is 0.268. The molecule has 0 saturated heterocycles. The second-order valence-electron chi connectivity index (χ2n) is 1.82. The van der Waals surface area contributed by atoms with Crippen LogP contribution in [0.4, 0.5) is 26.3 Å². The van der Waals surface area contributed by atoms with Crippen LogP contribution in [0.2, 0.25) is 0 Å². The maximum Gasteiger partial charge on any atom is 0.439 e. The second kappa shape index (κ2) is 3.48. The number of aliphatic hydroxyl groups is 1. The van der Waals surface area contributed by atoms with Crippen molar-refractivity contribution in [3.05, 3.63) is 0 Å². The van der Waals surface area contributed by atoms with Crippen LogP contribution in [0.3, 0.4) is 0 Å². The average Bonchev–Trinajstić information content (AvgIpc) is 1.78. The Morgan fingerprint density at radius 3 is 1.75 bits per heavy atom. The van der Waals surface area contributed by atoms with E-state index in [9.17, 15) is 26.3 Å². The van der Waals surface area contributed by atoms with E-state index < -0.39 is 25.2 Å². The number of aliphatic hydroxyl groups excluding tert-OH is 1. The molecular formula is C4H4F6O2. The van der Waals surface area contributed by atoms with Gasteiger partial charge in [-0.15, -0.1) is 0 Å². The summed E-state index contributed by atoms with van der Waals surface area (Å²) in [5.41, 5.74) is 0. The molecule has 0 aliphatic heterocycles. The summed E-state index contributed by atoms with van der Waals surface area (Å²) >= 11 is 0. The van der Waals surface area contributed by atoms with E-state index in [1.54, 1.807) is 0 Å². The van der Waals surface area contributed by atoms with E-state index in [4.69, 9.17) is 5.11 Å². The van der Waals surface area contributed by atoms with Crippen molar-refractivity contribution in [1.82, 2.24) is 0 Å². The standard InChI is InChI=1S/C4H4F6O2/c5-3(6,7)1-12-2(11)4(8,9)10/h2,11H,1H2. The van der Waals surface area contributed by atoms with Crippen molar-refractivity contribution in [2.24, 2.45) is 0 Å². The van der Waals surface area contributed by atoms with Crippen LogP contribution in [0, 0.1) is 0 Å². The van der Waals surface area contributed by atoms with Gasteiger partial charge in [0.15, 0.2) is 0 Å². The molecule has 0 saturated carbocycles. The lowest BCUT2D eigenvalue weighted by Crippen LogP contribution is -2.34. The van der Waals surface area contributed by atoms with Crippen molar-refractivity contribution in [2.45, 2.75) is 18.6 Å². The maximum absolute atomic E-state index is 11.3. The highest BCUT2D eigenvalue weighted by Gasteiger charge is 2.42. The van der Waals surface area contributed by atoms with Crippen LogP contribution in [0.25, 0.3) is 0 Å². The normalized spacial score (nSPS) is 16.2. The van der Waals surface area contributed by atoms with Crippen LogP contribution in [0.5, 0.6) is 0 Å². The largest absolute Gasteiger partial charge is 0.439 e. The minimum absolute atomic E-state index is 2.13. The lowest BCUT2D eigenvalue weighted by Gasteiger charge is -2.15. The number of alkyl halides is 6. The third-order valence-electron chi connectivity index (χ3n) is 0.685. The molecule has 1 N–H and O–H groups in total. The van der Waals surface area contributed by atoms with Gasteiger partial charge in [0.05, 0.1) is 0 Å². The van der Waals surface area contributed by atoms with Crippen LogP contribution in [-0.4, -0.2) is 30.4 Å². The predicted octanol–water partition coefficient (Wildman–Crippen LogP) is 1.45. The first-order valence-corrected chi connectivity index (χ1v) is 2.56. The highest BCUT2D eigenvalue weighted by Crippen LogP contribution is 2.23. The Balaban J connectivity index is 3.80. The van der Waals surface area contributed by atoms with Crippen LogP contribution >= 0.6 is 0 Å². The topological polar surface area (TPSA) is 29.5 Å². The van der Waals surface area contributed by atoms with Gasteiger partial charge in [-0.05, 0) is 0 Å². The molecule has 2 nitrogen and oxygen atoms in total. The summed E-state index contributed by atoms with van der Waals surface area (Å²) in [6.45, 7) is -2.13. The van der Waals surface area contributed by atoms with Gasteiger partial charge in [0, 0.05) is 0 Å². The number of hydrogen-bond donors (Lipinski definition) is 1. The molecular weight excluding hydrogens is 194 g/mol. The number of ether oxygens (including phenoxy) is 1. The summed E-state index contributed by atoms with van der Waals surface area (Å²) in [4.78, 5) is 0. The molecule has 12 heavy (non-hydrogen) atoms. The Morgan fingerprint density at radius 2 is 1.50 bits per heavy atom. The monoisotopic (exact) mass is 198 g/mol. The Kier molecular flexibility index (Phi) is 3.34. The van der Waals surface area contributed by atoms with Crippen molar-refractivity contribution < 1.29 is 36.2 Å². The molecule has 0 rings (SSSR count). The predicted molar refractivity (Wildman–Crippen MR) is 24.1 cm³/mol. The second-order valence-corrected chi connectivity index (χ2v) is 1.82. The molecule has 0 bridgehead atoms. The Hall–Kier alpha value is -0.500. The molecule has 8 heteroatoms. The first-order valence-electron chi connectivity index (χ1n) is 2.56. The number of halogens is 6. The molecule has 0 amide bonds. The summed E-state index contributed by atoms with van der Waals surface area (Å²) in [6.07, 6.45) is -13.5. The molecule has 0 aromatic heterocycles. The van der Waals surface area contributed by atoms with E-state index in [1.807, 2.05) is 0 Å². The lowest BCUT2D eigenvalue weighted by molar-refractivity contribution is -0.315. The minimum atomic E-state index is -5.19. The average molecular weight is 198 g/mol. The van der Waals surface area contributed by atoms with Crippen LogP contribution in [0.15, 0.2) is 0 Å². The summed E-state index contributed by atoms with van der Waals surface area (Å²) in [6, 6.07) is 0. The minimum Gasteiger partial charge on any atom is -0.361 e. The fraction of sp³-hybridized carbons (Fsp3) is 1.00. The molecule has 0 aromatic carbocycles. The number of hydrogen-bond acceptors (Lipinski definition) is 2. The molecule has 0 aliphatic carbocycles. The number of rotatable bonds is 2. The zero-order valence-corrected chi connectivity index (χ0v) is 5.41. The van der Waals surface area contributed by atoms with E-state index in [0.717, 1.165) is 0 Å². The Labute approximate surface area is 62.7 Å². The Morgan fingerprint density at radius 1 is 1.08 bits per heavy atom. The van der Waals surface area contributed by atoms with E-state index in [2.05, 4.69) is 4.74 Å². The van der Waals surface area contributed by atoms with E-state index in [-0.39, 0.29) is 0 Å². The third kappa shape index (κ3) is 5.19. The van der Waals surface area contributed by atoms with E-state index in [1.165, 1.54) is 0 Å². The molecule has 0 aromatic rings. The fourth-order valence-electron chi connectivity index (χ4n) is 0.268. The summed E-state index contributed by atoms with van der Waals surface area (Å²) in [7, 11) is 0. The maximum atomic E-state index is 11.3. The van der Waals surface area contributed by atoms with Gasteiger partial charge in [-0.2, -0.15) is 26.3 Å². The molecule has 1 atom stereocenters. The van der Waals surface area contributed by atoms with Crippen molar-refractivity contribution in [2.75, 3.05) is 6.61 Å². The van der Waals surface area contributed by atoms with E-state index in [0.29, 0.717) is 0 Å². The van der Waals surface area contributed by atoms with Gasteiger partial charge < -0.3 is 9.84 Å². The highest BCUT2D eigenvalue weighted by atomic mass is 19.4. The molecule has 0 spiro atoms. The molecule has 0 fully saturated rings. The third-order valence-corrected chi connectivity index (χ3v) is 0.685. The van der Waals surface area contributed by atoms with Crippen molar-refractivity contribution in [3.8, 4) is 0 Å².